The maximum atomic E-state index is 5.30. The van der Waals surface area contributed by atoms with E-state index in [1.54, 1.807) is 18.9 Å². The first kappa shape index (κ1) is 16.0. The third kappa shape index (κ3) is 3.38. The van der Waals surface area contributed by atoms with Crippen LogP contribution in [-0.4, -0.2) is 35.1 Å². The van der Waals surface area contributed by atoms with Gasteiger partial charge in [0.15, 0.2) is 0 Å². The Morgan fingerprint density at radius 3 is 2.91 bits per heavy atom. The molecule has 0 fully saturated rings. The third-order valence-electron chi connectivity index (χ3n) is 3.36. The van der Waals surface area contributed by atoms with Crippen molar-refractivity contribution in [1.82, 2.24) is 10.3 Å². The number of hydrogen-bond acceptors (Lipinski definition) is 5. The average molecular weight is 427 g/mol. The summed E-state index contributed by atoms with van der Waals surface area (Å²) in [6, 6.07) is 8.54. The Balaban J connectivity index is 1.97. The smallest absolute Gasteiger partial charge is 0.121 e. The van der Waals surface area contributed by atoms with Gasteiger partial charge in [-0.25, -0.2) is 4.98 Å². The van der Waals surface area contributed by atoms with Crippen LogP contribution >= 0.6 is 34.4 Å². The SMILES string of the molecule is COc1ccc2c(I)cc(C3=NC(NC(C)C)CS3)nc2c1. The summed E-state index contributed by atoms with van der Waals surface area (Å²) in [5.74, 6) is 1.79. The van der Waals surface area contributed by atoms with Gasteiger partial charge in [0.2, 0.25) is 0 Å². The van der Waals surface area contributed by atoms with Crippen LogP contribution in [0.3, 0.4) is 0 Å². The fourth-order valence-corrected chi connectivity index (χ4v) is 4.08. The van der Waals surface area contributed by atoms with Gasteiger partial charge < -0.3 is 4.74 Å². The minimum Gasteiger partial charge on any atom is -0.497 e. The molecule has 0 radical (unpaired) electrons. The van der Waals surface area contributed by atoms with Gasteiger partial charge in [-0.3, -0.25) is 10.3 Å². The zero-order chi connectivity index (χ0) is 15.7. The summed E-state index contributed by atoms with van der Waals surface area (Å²) in [6.07, 6.45) is 0.181. The molecule has 6 heteroatoms. The van der Waals surface area contributed by atoms with E-state index in [0.29, 0.717) is 6.04 Å². The van der Waals surface area contributed by atoms with E-state index in [2.05, 4.69) is 53.9 Å². The zero-order valence-electron chi connectivity index (χ0n) is 12.8. The number of nitrogens with one attached hydrogen (secondary N) is 1. The molecule has 116 valence electrons. The van der Waals surface area contributed by atoms with Crippen LogP contribution in [0.15, 0.2) is 29.3 Å². The molecule has 2 heterocycles. The van der Waals surface area contributed by atoms with Crippen molar-refractivity contribution >= 4 is 50.3 Å². The molecule has 22 heavy (non-hydrogen) atoms. The van der Waals surface area contributed by atoms with Gasteiger partial charge in [0.1, 0.15) is 17.0 Å². The first-order valence-electron chi connectivity index (χ1n) is 7.18. The van der Waals surface area contributed by atoms with Crippen molar-refractivity contribution in [2.24, 2.45) is 4.99 Å². The third-order valence-corrected chi connectivity index (χ3v) is 5.33. The number of benzene rings is 1. The minimum absolute atomic E-state index is 0.181. The number of ether oxygens (including phenoxy) is 1. The van der Waals surface area contributed by atoms with E-state index in [-0.39, 0.29) is 6.17 Å². The predicted octanol–water partition coefficient (Wildman–Crippen LogP) is 3.67. The molecule has 2 aromatic rings. The lowest BCUT2D eigenvalue weighted by atomic mass is 10.2. The van der Waals surface area contributed by atoms with Gasteiger partial charge in [0.25, 0.3) is 0 Å². The molecule has 0 saturated heterocycles. The molecular formula is C16H18IN3OS. The van der Waals surface area contributed by atoms with Crippen LogP contribution in [0.25, 0.3) is 10.9 Å². The summed E-state index contributed by atoms with van der Waals surface area (Å²) in [5.41, 5.74) is 1.90. The Labute approximate surface area is 148 Å². The summed E-state index contributed by atoms with van der Waals surface area (Å²) in [7, 11) is 1.68. The monoisotopic (exact) mass is 427 g/mol. The van der Waals surface area contributed by atoms with Gasteiger partial charge in [-0.05, 0) is 54.6 Å². The number of nitrogens with zero attached hydrogens (tertiary/aromatic N) is 2. The van der Waals surface area contributed by atoms with Crippen LogP contribution < -0.4 is 10.1 Å². The molecule has 1 aromatic carbocycles. The lowest BCUT2D eigenvalue weighted by Crippen LogP contribution is -2.33. The fraction of sp³-hybridized carbons (Fsp3) is 0.375. The highest BCUT2D eigenvalue weighted by molar-refractivity contribution is 14.1. The molecule has 1 N–H and O–H groups in total. The minimum atomic E-state index is 0.181. The standard InChI is InChI=1S/C16H18IN3OS/c1-9(2)18-15-8-22-16(20-15)14-7-12(17)11-5-4-10(21-3)6-13(11)19-14/h4-7,9,15,18H,8H2,1-3H3. The van der Waals surface area contributed by atoms with E-state index >= 15 is 0 Å². The Bertz CT molecular complexity index is 733. The molecular weight excluding hydrogens is 409 g/mol. The van der Waals surface area contributed by atoms with E-state index in [4.69, 9.17) is 14.7 Å². The molecule has 0 bridgehead atoms. The predicted molar refractivity (Wildman–Crippen MR) is 102 cm³/mol. The summed E-state index contributed by atoms with van der Waals surface area (Å²) in [4.78, 5) is 9.54. The fourth-order valence-electron chi connectivity index (χ4n) is 2.39. The highest BCUT2D eigenvalue weighted by atomic mass is 127. The van der Waals surface area contributed by atoms with Gasteiger partial charge in [0.05, 0.1) is 18.3 Å². The normalized spacial score (nSPS) is 18.0. The lowest BCUT2D eigenvalue weighted by molar-refractivity contribution is 0.415. The van der Waals surface area contributed by atoms with Crippen LogP contribution in [-0.2, 0) is 0 Å². The molecule has 1 aliphatic heterocycles. The number of aliphatic imine (C=N–C) groups is 1. The molecule has 0 aliphatic carbocycles. The number of fused-ring (bicyclic) bond motifs is 1. The molecule has 1 aliphatic rings. The summed E-state index contributed by atoms with van der Waals surface area (Å²) in [5, 5.41) is 5.61. The second kappa shape index (κ2) is 6.72. The lowest BCUT2D eigenvalue weighted by Gasteiger charge is -2.11. The van der Waals surface area contributed by atoms with E-state index in [9.17, 15) is 0 Å². The Hall–Kier alpha value is -0.860. The first-order valence-corrected chi connectivity index (χ1v) is 9.24. The Morgan fingerprint density at radius 2 is 2.18 bits per heavy atom. The van der Waals surface area contributed by atoms with Gasteiger partial charge in [0, 0.05) is 26.8 Å². The van der Waals surface area contributed by atoms with Crippen molar-refractivity contribution in [2.45, 2.75) is 26.1 Å². The number of aromatic nitrogens is 1. The summed E-state index contributed by atoms with van der Waals surface area (Å²) in [6.45, 7) is 4.28. The van der Waals surface area contributed by atoms with E-state index in [1.165, 1.54) is 3.57 Å². The molecule has 0 spiro atoms. The average Bonchev–Trinajstić information content (AvgIpc) is 2.94. The first-order chi connectivity index (χ1) is 10.6. The molecule has 3 rings (SSSR count). The maximum Gasteiger partial charge on any atom is 0.121 e. The quantitative estimate of drug-likeness (QED) is 0.757. The number of halogens is 1. The number of hydrogen-bond donors (Lipinski definition) is 1. The number of rotatable bonds is 4. The molecule has 0 amide bonds. The van der Waals surface area contributed by atoms with E-state index in [0.717, 1.165) is 33.1 Å². The van der Waals surface area contributed by atoms with E-state index in [1.807, 2.05) is 12.1 Å². The van der Waals surface area contributed by atoms with Gasteiger partial charge in [-0.2, -0.15) is 0 Å². The van der Waals surface area contributed by atoms with Crippen LogP contribution in [0.2, 0.25) is 0 Å². The highest BCUT2D eigenvalue weighted by Gasteiger charge is 2.21. The molecule has 1 aromatic heterocycles. The van der Waals surface area contributed by atoms with Crippen molar-refractivity contribution in [3.63, 3.8) is 0 Å². The van der Waals surface area contributed by atoms with Gasteiger partial charge >= 0.3 is 0 Å². The van der Waals surface area contributed by atoms with Crippen LogP contribution in [0.1, 0.15) is 19.5 Å². The van der Waals surface area contributed by atoms with Crippen molar-refractivity contribution in [3.8, 4) is 5.75 Å². The molecule has 0 saturated carbocycles. The summed E-state index contributed by atoms with van der Waals surface area (Å²) < 4.78 is 6.48. The van der Waals surface area contributed by atoms with E-state index < -0.39 is 0 Å². The topological polar surface area (TPSA) is 46.5 Å². The second-order valence-corrected chi connectivity index (χ2v) is 7.63. The van der Waals surface area contributed by atoms with Gasteiger partial charge in [-0.15, -0.1) is 11.8 Å². The number of pyridine rings is 1. The van der Waals surface area contributed by atoms with Crippen LogP contribution in [0, 0.1) is 3.57 Å². The van der Waals surface area contributed by atoms with Gasteiger partial charge in [-0.1, -0.05) is 0 Å². The van der Waals surface area contributed by atoms with Crippen molar-refractivity contribution in [3.05, 3.63) is 33.5 Å². The zero-order valence-corrected chi connectivity index (χ0v) is 15.7. The second-order valence-electron chi connectivity index (χ2n) is 5.45. The summed E-state index contributed by atoms with van der Waals surface area (Å²) >= 11 is 4.12. The molecule has 1 atom stereocenters. The van der Waals surface area contributed by atoms with Crippen molar-refractivity contribution < 1.29 is 4.74 Å². The number of methoxy groups -OCH3 is 1. The Morgan fingerprint density at radius 1 is 1.36 bits per heavy atom. The highest BCUT2D eigenvalue weighted by Crippen LogP contribution is 2.28. The molecule has 4 nitrogen and oxygen atoms in total. The van der Waals surface area contributed by atoms with Crippen LogP contribution in [0.5, 0.6) is 5.75 Å². The molecule has 1 unspecified atom stereocenters. The Kier molecular flexibility index (Phi) is 4.89. The van der Waals surface area contributed by atoms with Crippen molar-refractivity contribution in [2.75, 3.05) is 12.9 Å². The van der Waals surface area contributed by atoms with Crippen molar-refractivity contribution in [1.29, 1.82) is 0 Å². The maximum absolute atomic E-state index is 5.30. The largest absolute Gasteiger partial charge is 0.497 e. The van der Waals surface area contributed by atoms with Crippen LogP contribution in [0.4, 0.5) is 0 Å². The number of thioether (sulfide) groups is 1.